The van der Waals surface area contributed by atoms with Crippen LogP contribution in [-0.4, -0.2) is 38.4 Å². The van der Waals surface area contributed by atoms with Gasteiger partial charge in [0.15, 0.2) is 5.16 Å². The van der Waals surface area contributed by atoms with E-state index < -0.39 is 0 Å². The molecule has 8 heteroatoms. The van der Waals surface area contributed by atoms with Crippen molar-refractivity contribution in [3.8, 4) is 5.69 Å². The Kier molecular flexibility index (Phi) is 8.50. The molecule has 7 nitrogen and oxygen atoms in total. The summed E-state index contributed by atoms with van der Waals surface area (Å²) in [5, 5.41) is 14.5. The third-order valence-corrected chi connectivity index (χ3v) is 5.06. The number of anilines is 1. The lowest BCUT2D eigenvalue weighted by atomic mass is 10.0. The van der Waals surface area contributed by atoms with Crippen molar-refractivity contribution in [2.24, 2.45) is 5.92 Å². The summed E-state index contributed by atoms with van der Waals surface area (Å²) in [6, 6.07) is 7.57. The molecule has 1 atom stereocenters. The van der Waals surface area contributed by atoms with Crippen LogP contribution in [-0.2, 0) is 9.59 Å². The Balaban J connectivity index is 1.90. The molecule has 152 valence electrons. The third-order valence-electron chi connectivity index (χ3n) is 4.12. The van der Waals surface area contributed by atoms with Crippen molar-refractivity contribution < 1.29 is 9.59 Å². The van der Waals surface area contributed by atoms with Crippen LogP contribution in [0, 0.1) is 5.92 Å². The van der Waals surface area contributed by atoms with Crippen LogP contribution in [0.2, 0.25) is 0 Å². The molecule has 1 aromatic carbocycles. The largest absolute Gasteiger partial charge is 0.353 e. The van der Waals surface area contributed by atoms with Gasteiger partial charge in [-0.1, -0.05) is 44.5 Å². The number of benzene rings is 1. The molecule has 1 unspecified atom stereocenters. The fourth-order valence-electron chi connectivity index (χ4n) is 2.79. The zero-order valence-electron chi connectivity index (χ0n) is 16.9. The SMILES string of the molecule is CC(=O)Nc1cccc(-n2cnnc2SCC(=O)NC(C)CCCC(C)C)c1. The number of nitrogens with zero attached hydrogens (tertiary/aromatic N) is 3. The van der Waals surface area contributed by atoms with E-state index in [-0.39, 0.29) is 23.6 Å². The first-order valence-corrected chi connectivity index (χ1v) is 10.5. The van der Waals surface area contributed by atoms with E-state index in [0.717, 1.165) is 18.5 Å². The minimum atomic E-state index is -0.130. The van der Waals surface area contributed by atoms with Gasteiger partial charge in [0.1, 0.15) is 6.33 Å². The minimum Gasteiger partial charge on any atom is -0.353 e. The lowest BCUT2D eigenvalue weighted by molar-refractivity contribution is -0.119. The fourth-order valence-corrected chi connectivity index (χ4v) is 3.53. The first-order valence-electron chi connectivity index (χ1n) is 9.55. The van der Waals surface area contributed by atoms with Gasteiger partial charge in [0.25, 0.3) is 0 Å². The van der Waals surface area contributed by atoms with E-state index in [2.05, 4.69) is 34.7 Å². The molecular weight excluding hydrogens is 374 g/mol. The zero-order chi connectivity index (χ0) is 20.5. The van der Waals surface area contributed by atoms with Crippen LogP contribution in [0.25, 0.3) is 5.69 Å². The summed E-state index contributed by atoms with van der Waals surface area (Å²) in [7, 11) is 0. The zero-order valence-corrected chi connectivity index (χ0v) is 17.8. The van der Waals surface area contributed by atoms with E-state index in [0.29, 0.717) is 16.8 Å². The van der Waals surface area contributed by atoms with E-state index in [1.807, 2.05) is 31.2 Å². The normalized spacial score (nSPS) is 12.0. The minimum absolute atomic E-state index is 0.0106. The average Bonchev–Trinajstić information content (AvgIpc) is 3.08. The molecular formula is C20H29N5O2S. The maximum Gasteiger partial charge on any atom is 0.230 e. The van der Waals surface area contributed by atoms with Crippen LogP contribution in [0.5, 0.6) is 0 Å². The number of hydrogen-bond donors (Lipinski definition) is 2. The van der Waals surface area contributed by atoms with Gasteiger partial charge in [-0.25, -0.2) is 0 Å². The van der Waals surface area contributed by atoms with Crippen LogP contribution in [0.4, 0.5) is 5.69 Å². The van der Waals surface area contributed by atoms with Gasteiger partial charge in [-0.3, -0.25) is 14.2 Å². The third kappa shape index (κ3) is 7.34. The van der Waals surface area contributed by atoms with Crippen LogP contribution >= 0.6 is 11.8 Å². The Labute approximate surface area is 170 Å². The predicted molar refractivity (Wildman–Crippen MR) is 113 cm³/mol. The molecule has 0 saturated carbocycles. The van der Waals surface area contributed by atoms with Crippen molar-refractivity contribution in [1.29, 1.82) is 0 Å². The molecule has 1 aromatic heterocycles. The smallest absolute Gasteiger partial charge is 0.230 e. The van der Waals surface area contributed by atoms with E-state index in [1.165, 1.54) is 25.1 Å². The molecule has 1 heterocycles. The molecule has 2 rings (SSSR count). The van der Waals surface area contributed by atoms with Gasteiger partial charge in [0, 0.05) is 18.7 Å². The first kappa shape index (κ1) is 21.9. The van der Waals surface area contributed by atoms with Crippen LogP contribution in [0.3, 0.4) is 0 Å². The maximum atomic E-state index is 12.2. The summed E-state index contributed by atoms with van der Waals surface area (Å²) in [6.45, 7) is 7.93. The summed E-state index contributed by atoms with van der Waals surface area (Å²) in [5.41, 5.74) is 1.52. The van der Waals surface area contributed by atoms with Gasteiger partial charge < -0.3 is 10.6 Å². The van der Waals surface area contributed by atoms with Gasteiger partial charge in [-0.2, -0.15) is 0 Å². The number of hydrogen-bond acceptors (Lipinski definition) is 5. The van der Waals surface area contributed by atoms with Crippen molar-refractivity contribution in [1.82, 2.24) is 20.1 Å². The summed E-state index contributed by atoms with van der Waals surface area (Å²) in [4.78, 5) is 23.5. The Morgan fingerprint density at radius 1 is 1.21 bits per heavy atom. The van der Waals surface area contributed by atoms with Crippen LogP contribution in [0.15, 0.2) is 35.7 Å². The molecule has 0 aliphatic heterocycles. The maximum absolute atomic E-state index is 12.2. The molecule has 28 heavy (non-hydrogen) atoms. The van der Waals surface area contributed by atoms with Gasteiger partial charge in [0.2, 0.25) is 11.8 Å². The molecule has 0 spiro atoms. The van der Waals surface area contributed by atoms with Gasteiger partial charge >= 0.3 is 0 Å². The monoisotopic (exact) mass is 403 g/mol. The second-order valence-electron chi connectivity index (χ2n) is 7.30. The highest BCUT2D eigenvalue weighted by molar-refractivity contribution is 7.99. The number of carbonyl (C=O) groups excluding carboxylic acids is 2. The Morgan fingerprint density at radius 2 is 2.00 bits per heavy atom. The summed E-state index contributed by atoms with van der Waals surface area (Å²) in [6.07, 6.45) is 4.88. The average molecular weight is 404 g/mol. The van der Waals surface area contributed by atoms with E-state index in [1.54, 1.807) is 10.9 Å². The Morgan fingerprint density at radius 3 is 2.71 bits per heavy atom. The lowest BCUT2D eigenvalue weighted by Crippen LogP contribution is -2.33. The molecule has 0 radical (unpaired) electrons. The number of thioether (sulfide) groups is 1. The fraction of sp³-hybridized carbons (Fsp3) is 0.500. The summed E-state index contributed by atoms with van der Waals surface area (Å²) >= 11 is 1.34. The second-order valence-corrected chi connectivity index (χ2v) is 8.24. The van der Waals surface area contributed by atoms with Crippen molar-refractivity contribution in [3.63, 3.8) is 0 Å². The molecule has 2 aromatic rings. The van der Waals surface area contributed by atoms with Crippen molar-refractivity contribution in [3.05, 3.63) is 30.6 Å². The lowest BCUT2D eigenvalue weighted by Gasteiger charge is -2.14. The first-order chi connectivity index (χ1) is 13.3. The molecule has 0 saturated heterocycles. The van der Waals surface area contributed by atoms with E-state index >= 15 is 0 Å². The van der Waals surface area contributed by atoms with Crippen LogP contribution < -0.4 is 10.6 Å². The molecule has 2 amide bonds. The molecule has 0 bridgehead atoms. The van der Waals surface area contributed by atoms with Crippen molar-refractivity contribution in [2.45, 2.75) is 58.2 Å². The van der Waals surface area contributed by atoms with E-state index in [4.69, 9.17) is 0 Å². The standard InChI is InChI=1S/C20H29N5O2S/c1-14(2)7-5-8-15(3)22-19(27)12-28-20-24-21-13-25(20)18-10-6-9-17(11-18)23-16(4)26/h6,9-11,13-15H,5,7-8,12H2,1-4H3,(H,22,27)(H,23,26). The van der Waals surface area contributed by atoms with Crippen LogP contribution in [0.1, 0.15) is 47.0 Å². The van der Waals surface area contributed by atoms with Gasteiger partial charge in [-0.15, -0.1) is 10.2 Å². The number of nitrogens with one attached hydrogen (secondary N) is 2. The summed E-state index contributed by atoms with van der Waals surface area (Å²) in [5.74, 6) is 0.825. The molecule has 0 aliphatic carbocycles. The topological polar surface area (TPSA) is 88.9 Å². The van der Waals surface area contributed by atoms with Gasteiger partial charge in [0.05, 0.1) is 11.4 Å². The molecule has 0 fully saturated rings. The van der Waals surface area contributed by atoms with Gasteiger partial charge in [-0.05, 0) is 37.5 Å². The summed E-state index contributed by atoms with van der Waals surface area (Å²) < 4.78 is 1.80. The molecule has 0 aliphatic rings. The number of carbonyl (C=O) groups is 2. The highest BCUT2D eigenvalue weighted by Crippen LogP contribution is 2.21. The quantitative estimate of drug-likeness (QED) is 0.591. The second kappa shape index (κ2) is 10.8. The highest BCUT2D eigenvalue weighted by atomic mass is 32.2. The number of rotatable bonds is 10. The Hall–Kier alpha value is -2.35. The van der Waals surface area contributed by atoms with E-state index in [9.17, 15) is 9.59 Å². The molecule has 2 N–H and O–H groups in total. The van der Waals surface area contributed by atoms with Crippen molar-refractivity contribution >= 4 is 29.3 Å². The number of aromatic nitrogens is 3. The van der Waals surface area contributed by atoms with Crippen molar-refractivity contribution in [2.75, 3.05) is 11.1 Å². The Bertz CT molecular complexity index is 790. The number of amides is 2. The predicted octanol–water partition coefficient (Wildman–Crippen LogP) is 3.65. The highest BCUT2D eigenvalue weighted by Gasteiger charge is 2.12.